The van der Waals surface area contributed by atoms with Gasteiger partial charge in [0.25, 0.3) is 0 Å². The summed E-state index contributed by atoms with van der Waals surface area (Å²) in [7, 11) is 0. The van der Waals surface area contributed by atoms with E-state index in [0.29, 0.717) is 0 Å². The minimum absolute atomic E-state index is 1.09. The first-order chi connectivity index (χ1) is 17.5. The highest BCUT2D eigenvalue weighted by atomic mass is 15.3. The molecule has 1 heterocycles. The molecule has 0 aliphatic carbocycles. The second-order valence-corrected chi connectivity index (χ2v) is 10.7. The molecule has 0 amide bonds. The molecular formula is C32H54N4+2. The quantitative estimate of drug-likeness (QED) is 0.175. The molecular weight excluding hydrogens is 440 g/mol. The van der Waals surface area contributed by atoms with E-state index >= 15 is 0 Å². The zero-order valence-corrected chi connectivity index (χ0v) is 24.3. The van der Waals surface area contributed by atoms with Crippen molar-refractivity contribution in [2.24, 2.45) is 0 Å². The van der Waals surface area contributed by atoms with Crippen LogP contribution in [0.2, 0.25) is 0 Å². The van der Waals surface area contributed by atoms with Crippen LogP contribution >= 0.6 is 0 Å². The lowest BCUT2D eigenvalue weighted by Gasteiger charge is -2.41. The molecule has 1 aliphatic heterocycles. The maximum atomic E-state index is 2.59. The van der Waals surface area contributed by atoms with Crippen LogP contribution in [0, 0.1) is 0 Å². The number of quaternary nitrogens is 2. The van der Waals surface area contributed by atoms with Crippen LogP contribution in [-0.4, -0.2) is 74.4 Å². The highest BCUT2D eigenvalue weighted by Crippen LogP contribution is 2.47. The summed E-state index contributed by atoms with van der Waals surface area (Å²) in [5, 5.41) is 0. The second kappa shape index (κ2) is 13.5. The van der Waals surface area contributed by atoms with Gasteiger partial charge in [0, 0.05) is 13.1 Å². The average Bonchev–Trinajstić information content (AvgIpc) is 2.94. The standard InChI is InChI=1S/C32H54N4/c1-7-35(8-2,9-3)27-19-17-25-33-29-21-13-15-23-31(29)34(32-24-16-14-22-30(32)33)26-18-20-28-36(10-4,11-5)12-6/h13-16,21-24H,7-12,17-20,25-28H2,1-6H3/q+2. The Bertz CT molecular complexity index is 778. The van der Waals surface area contributed by atoms with E-state index in [0.717, 1.165) is 13.1 Å². The summed E-state index contributed by atoms with van der Waals surface area (Å²) < 4.78 is 2.49. The van der Waals surface area contributed by atoms with Gasteiger partial charge >= 0.3 is 0 Å². The molecule has 0 radical (unpaired) electrons. The van der Waals surface area contributed by atoms with Gasteiger partial charge in [-0.2, -0.15) is 0 Å². The minimum Gasteiger partial charge on any atom is -0.338 e. The molecule has 0 spiro atoms. The van der Waals surface area contributed by atoms with Gasteiger partial charge in [-0.1, -0.05) is 24.3 Å². The van der Waals surface area contributed by atoms with Crippen LogP contribution in [0.25, 0.3) is 0 Å². The third-order valence-electron chi connectivity index (χ3n) is 9.48. The molecule has 1 aliphatic rings. The Hall–Kier alpha value is -2.04. The molecule has 0 N–H and O–H groups in total. The molecule has 0 aromatic heterocycles. The van der Waals surface area contributed by atoms with Crippen molar-refractivity contribution in [1.29, 1.82) is 0 Å². The fourth-order valence-electron chi connectivity index (χ4n) is 6.31. The number of hydrogen-bond donors (Lipinski definition) is 0. The summed E-state index contributed by atoms with van der Waals surface area (Å²) in [6, 6.07) is 18.2. The van der Waals surface area contributed by atoms with Gasteiger partial charge in [0.1, 0.15) is 0 Å². The average molecular weight is 495 g/mol. The van der Waals surface area contributed by atoms with Gasteiger partial charge in [0.05, 0.1) is 75.1 Å². The Kier molecular flexibility index (Phi) is 10.7. The molecule has 200 valence electrons. The van der Waals surface area contributed by atoms with Crippen molar-refractivity contribution >= 4 is 22.7 Å². The number of hydrogen-bond acceptors (Lipinski definition) is 2. The van der Waals surface area contributed by atoms with Crippen molar-refractivity contribution < 1.29 is 8.97 Å². The zero-order chi connectivity index (χ0) is 26.0. The Morgan fingerprint density at radius 3 is 0.972 bits per heavy atom. The number of para-hydroxylation sites is 4. The van der Waals surface area contributed by atoms with E-state index in [-0.39, 0.29) is 0 Å². The lowest BCUT2D eigenvalue weighted by Crippen LogP contribution is -2.48. The number of rotatable bonds is 16. The molecule has 3 rings (SSSR count). The highest BCUT2D eigenvalue weighted by Gasteiger charge is 2.28. The van der Waals surface area contributed by atoms with Crippen LogP contribution in [-0.2, 0) is 0 Å². The van der Waals surface area contributed by atoms with Crippen molar-refractivity contribution in [3.63, 3.8) is 0 Å². The fourth-order valence-corrected chi connectivity index (χ4v) is 6.31. The molecule has 4 heteroatoms. The highest BCUT2D eigenvalue weighted by molar-refractivity contribution is 5.93. The molecule has 0 atom stereocenters. The SMILES string of the molecule is CC[N+](CC)(CC)CCCCN1c2ccccc2N(CCCC[N+](CC)(CC)CC)c2ccccc21. The smallest absolute Gasteiger partial charge is 0.0787 e. The maximum absolute atomic E-state index is 2.59. The van der Waals surface area contributed by atoms with E-state index in [2.05, 4.69) is 99.9 Å². The maximum Gasteiger partial charge on any atom is 0.0787 e. The van der Waals surface area contributed by atoms with Gasteiger partial charge in [-0.3, -0.25) is 0 Å². The summed E-state index contributed by atoms with van der Waals surface area (Å²) in [6.45, 7) is 26.3. The Balaban J connectivity index is 1.73. The monoisotopic (exact) mass is 494 g/mol. The van der Waals surface area contributed by atoms with E-state index in [4.69, 9.17) is 0 Å². The van der Waals surface area contributed by atoms with Gasteiger partial charge in [-0.05, 0) is 91.5 Å². The molecule has 2 aromatic rings. The Morgan fingerprint density at radius 1 is 0.444 bits per heavy atom. The van der Waals surface area contributed by atoms with Crippen LogP contribution in [0.15, 0.2) is 48.5 Å². The second-order valence-electron chi connectivity index (χ2n) is 10.7. The lowest BCUT2D eigenvalue weighted by molar-refractivity contribution is -0.923. The van der Waals surface area contributed by atoms with Crippen LogP contribution < -0.4 is 9.80 Å². The number of unbranched alkanes of at least 4 members (excludes halogenated alkanes) is 2. The van der Waals surface area contributed by atoms with Crippen molar-refractivity contribution in [1.82, 2.24) is 0 Å². The van der Waals surface area contributed by atoms with Crippen LogP contribution in [0.3, 0.4) is 0 Å². The molecule has 0 saturated carbocycles. The summed E-state index contributed by atoms with van der Waals surface area (Å²) in [4.78, 5) is 5.18. The minimum atomic E-state index is 1.09. The zero-order valence-electron chi connectivity index (χ0n) is 24.3. The fraction of sp³-hybridized carbons (Fsp3) is 0.625. The van der Waals surface area contributed by atoms with Crippen LogP contribution in [0.5, 0.6) is 0 Å². The summed E-state index contributed by atoms with van der Waals surface area (Å²) in [5.74, 6) is 0. The number of fused-ring (bicyclic) bond motifs is 2. The predicted octanol–water partition coefficient (Wildman–Crippen LogP) is 7.59. The molecule has 4 nitrogen and oxygen atoms in total. The number of nitrogens with zero attached hydrogens (tertiary/aromatic N) is 4. The summed E-state index contributed by atoms with van der Waals surface area (Å²) in [6.07, 6.45) is 5.03. The third kappa shape index (κ3) is 6.26. The first kappa shape index (κ1) is 28.5. The largest absolute Gasteiger partial charge is 0.338 e. The van der Waals surface area contributed by atoms with Gasteiger partial charge in [0.2, 0.25) is 0 Å². The lowest BCUT2D eigenvalue weighted by atomic mass is 10.1. The van der Waals surface area contributed by atoms with E-state index in [1.807, 2.05) is 0 Å². The normalized spacial score (nSPS) is 13.6. The number of benzene rings is 2. The first-order valence-electron chi connectivity index (χ1n) is 15.0. The van der Waals surface area contributed by atoms with Gasteiger partial charge < -0.3 is 18.8 Å². The molecule has 0 fully saturated rings. The predicted molar refractivity (Wildman–Crippen MR) is 159 cm³/mol. The first-order valence-corrected chi connectivity index (χ1v) is 15.0. The van der Waals surface area contributed by atoms with Crippen LogP contribution in [0.1, 0.15) is 67.2 Å². The van der Waals surface area contributed by atoms with E-state index in [1.165, 1.54) is 110 Å². The summed E-state index contributed by atoms with van der Waals surface area (Å²) in [5.41, 5.74) is 5.50. The van der Waals surface area contributed by atoms with Gasteiger partial charge in [-0.15, -0.1) is 0 Å². The van der Waals surface area contributed by atoms with Crippen molar-refractivity contribution in [3.05, 3.63) is 48.5 Å². The van der Waals surface area contributed by atoms with Gasteiger partial charge in [0.15, 0.2) is 0 Å². The van der Waals surface area contributed by atoms with E-state index < -0.39 is 0 Å². The molecule has 0 unspecified atom stereocenters. The number of anilines is 4. The van der Waals surface area contributed by atoms with E-state index in [9.17, 15) is 0 Å². The molecule has 2 aromatic carbocycles. The Morgan fingerprint density at radius 2 is 0.722 bits per heavy atom. The third-order valence-corrected chi connectivity index (χ3v) is 9.48. The van der Waals surface area contributed by atoms with Crippen molar-refractivity contribution in [2.75, 3.05) is 75.2 Å². The molecule has 0 bridgehead atoms. The summed E-state index contributed by atoms with van der Waals surface area (Å²) >= 11 is 0. The van der Waals surface area contributed by atoms with Crippen molar-refractivity contribution in [3.8, 4) is 0 Å². The van der Waals surface area contributed by atoms with Crippen molar-refractivity contribution in [2.45, 2.75) is 67.2 Å². The van der Waals surface area contributed by atoms with E-state index in [1.54, 1.807) is 0 Å². The topological polar surface area (TPSA) is 6.48 Å². The van der Waals surface area contributed by atoms with Crippen LogP contribution in [0.4, 0.5) is 22.7 Å². The molecule has 36 heavy (non-hydrogen) atoms. The molecule has 0 saturated heterocycles. The Labute approximate surface area is 222 Å². The van der Waals surface area contributed by atoms with Gasteiger partial charge in [-0.25, -0.2) is 0 Å².